The number of benzene rings is 1. The van der Waals surface area contributed by atoms with Crippen LogP contribution in [0.5, 0.6) is 0 Å². The van der Waals surface area contributed by atoms with E-state index in [1.54, 1.807) is 12.1 Å². The summed E-state index contributed by atoms with van der Waals surface area (Å²) in [4.78, 5) is 22.9. The molecule has 0 radical (unpaired) electrons. The topological polar surface area (TPSA) is 52.6 Å². The number of carbonyl (C=O) groups excluding carboxylic acids is 2. The smallest absolute Gasteiger partial charge is 0.338 e. The van der Waals surface area contributed by atoms with E-state index in [0.717, 1.165) is 22.9 Å². The molecule has 0 aliphatic carbocycles. The van der Waals surface area contributed by atoms with Gasteiger partial charge in [0.05, 0.1) is 5.56 Å². The summed E-state index contributed by atoms with van der Waals surface area (Å²) in [6.07, 6.45) is -2.40. The minimum atomic E-state index is -1.51. The van der Waals surface area contributed by atoms with E-state index in [1.807, 2.05) is 19.9 Å². The van der Waals surface area contributed by atoms with Crippen molar-refractivity contribution < 1.29 is 23.5 Å². The predicted octanol–water partition coefficient (Wildman–Crippen LogP) is 2.80. The molecule has 0 saturated carbocycles. The van der Waals surface area contributed by atoms with Crippen molar-refractivity contribution in [3.63, 3.8) is 0 Å². The first-order valence-electron chi connectivity index (χ1n) is 6.59. The molecule has 4 nitrogen and oxygen atoms in total. The first kappa shape index (κ1) is 15.8. The Kier molecular flexibility index (Phi) is 4.88. The van der Waals surface area contributed by atoms with Crippen LogP contribution >= 0.6 is 11.8 Å². The first-order chi connectivity index (χ1) is 9.86. The molecule has 1 aliphatic heterocycles. The van der Waals surface area contributed by atoms with Crippen LogP contribution in [0, 0.1) is 13.8 Å². The van der Waals surface area contributed by atoms with E-state index in [4.69, 9.17) is 9.47 Å². The summed E-state index contributed by atoms with van der Waals surface area (Å²) in [6.45, 7) is 4.98. The highest BCUT2D eigenvalue weighted by atomic mass is 32.2. The second-order valence-electron chi connectivity index (χ2n) is 5.08. The molecule has 0 aromatic heterocycles. The molecule has 114 valence electrons. The number of hydrogen-bond acceptors (Lipinski definition) is 5. The molecule has 1 aromatic carbocycles. The fourth-order valence-corrected chi connectivity index (χ4v) is 3.40. The van der Waals surface area contributed by atoms with Crippen molar-refractivity contribution in [3.05, 3.63) is 34.9 Å². The van der Waals surface area contributed by atoms with E-state index in [2.05, 4.69) is 0 Å². The lowest BCUT2D eigenvalue weighted by atomic mass is 10.1. The molecule has 3 atom stereocenters. The molecule has 21 heavy (non-hydrogen) atoms. The normalized spacial score (nSPS) is 24.7. The molecule has 0 N–H and O–H groups in total. The third kappa shape index (κ3) is 3.97. The summed E-state index contributed by atoms with van der Waals surface area (Å²) in [5, 5.41) is 0. The molecule has 1 aliphatic rings. The number of ether oxygens (including phenoxy) is 2. The van der Waals surface area contributed by atoms with Crippen LogP contribution in [0.3, 0.4) is 0 Å². The lowest BCUT2D eigenvalue weighted by molar-refractivity contribution is -0.145. The van der Waals surface area contributed by atoms with Crippen LogP contribution in [-0.4, -0.2) is 35.4 Å². The summed E-state index contributed by atoms with van der Waals surface area (Å²) in [5.41, 5.74) is 1.38. The van der Waals surface area contributed by atoms with Crippen molar-refractivity contribution in [1.82, 2.24) is 0 Å². The third-order valence-corrected chi connectivity index (χ3v) is 4.24. The van der Waals surface area contributed by atoms with Gasteiger partial charge in [-0.25, -0.2) is 9.18 Å². The number of alkyl halides is 1. The van der Waals surface area contributed by atoms with Crippen LogP contribution in [0.4, 0.5) is 4.39 Å². The molecular weight excluding hydrogens is 295 g/mol. The van der Waals surface area contributed by atoms with Crippen LogP contribution in [0.25, 0.3) is 0 Å². The Hall–Kier alpha value is -1.56. The van der Waals surface area contributed by atoms with Gasteiger partial charge >= 0.3 is 11.9 Å². The van der Waals surface area contributed by atoms with Gasteiger partial charge in [-0.15, -0.1) is 11.8 Å². The van der Waals surface area contributed by atoms with Crippen LogP contribution < -0.4 is 0 Å². The predicted molar refractivity (Wildman–Crippen MR) is 78.0 cm³/mol. The fraction of sp³-hybridized carbons (Fsp3) is 0.467. The van der Waals surface area contributed by atoms with Crippen LogP contribution in [0.2, 0.25) is 0 Å². The number of esters is 2. The molecule has 1 saturated heterocycles. The lowest BCUT2D eigenvalue weighted by Gasteiger charge is -2.17. The number of aryl methyl sites for hydroxylation is 2. The van der Waals surface area contributed by atoms with Gasteiger partial charge in [0.15, 0.2) is 11.6 Å². The highest BCUT2D eigenvalue weighted by Crippen LogP contribution is 2.33. The van der Waals surface area contributed by atoms with Crippen molar-refractivity contribution in [2.24, 2.45) is 0 Å². The van der Waals surface area contributed by atoms with E-state index in [-0.39, 0.29) is 5.75 Å². The van der Waals surface area contributed by atoms with Gasteiger partial charge in [0, 0.05) is 12.7 Å². The molecule has 1 heterocycles. The van der Waals surface area contributed by atoms with Crippen molar-refractivity contribution in [2.75, 3.05) is 5.75 Å². The van der Waals surface area contributed by atoms with Gasteiger partial charge in [-0.05, 0) is 26.0 Å². The Morgan fingerprint density at radius 2 is 1.81 bits per heavy atom. The van der Waals surface area contributed by atoms with Gasteiger partial charge in [-0.1, -0.05) is 17.2 Å². The Morgan fingerprint density at radius 3 is 2.38 bits per heavy atom. The zero-order valence-electron chi connectivity index (χ0n) is 12.1. The van der Waals surface area contributed by atoms with Gasteiger partial charge in [0.25, 0.3) is 0 Å². The maximum Gasteiger partial charge on any atom is 0.338 e. The maximum atomic E-state index is 14.1. The minimum absolute atomic E-state index is 0.273. The summed E-state index contributed by atoms with van der Waals surface area (Å²) < 4.78 is 24.1. The van der Waals surface area contributed by atoms with E-state index >= 15 is 0 Å². The van der Waals surface area contributed by atoms with E-state index < -0.39 is 29.7 Å². The van der Waals surface area contributed by atoms with Gasteiger partial charge in [-0.3, -0.25) is 4.79 Å². The molecule has 0 spiro atoms. The molecule has 1 aromatic rings. The minimum Gasteiger partial charge on any atom is -0.455 e. The number of halogens is 1. The quantitative estimate of drug-likeness (QED) is 0.803. The van der Waals surface area contributed by atoms with Gasteiger partial charge in [0.2, 0.25) is 0 Å². The molecule has 6 heteroatoms. The van der Waals surface area contributed by atoms with E-state index in [0.29, 0.717) is 5.56 Å². The lowest BCUT2D eigenvalue weighted by Crippen LogP contribution is -2.32. The van der Waals surface area contributed by atoms with Gasteiger partial charge in [0.1, 0.15) is 6.10 Å². The first-order valence-corrected chi connectivity index (χ1v) is 7.64. The number of rotatable bonds is 3. The van der Waals surface area contributed by atoms with Crippen molar-refractivity contribution >= 4 is 23.7 Å². The Bertz CT molecular complexity index is 540. The van der Waals surface area contributed by atoms with Crippen molar-refractivity contribution in [2.45, 2.75) is 38.5 Å². The van der Waals surface area contributed by atoms with Crippen molar-refractivity contribution in [3.8, 4) is 0 Å². The zero-order chi connectivity index (χ0) is 15.6. The standard InChI is InChI=1S/C15H17FO4S/c1-8-4-9(2)6-11(5-8)14(18)20-12-7-21-15(13(12)16)19-10(3)17/h4-6,12-13,15H,7H2,1-3H3. The highest BCUT2D eigenvalue weighted by Gasteiger charge is 2.42. The molecule has 2 rings (SSSR count). The average molecular weight is 312 g/mol. The van der Waals surface area contributed by atoms with Crippen LogP contribution in [0.1, 0.15) is 28.4 Å². The Balaban J connectivity index is 2.01. The van der Waals surface area contributed by atoms with Gasteiger partial charge < -0.3 is 9.47 Å². The Labute approximate surface area is 127 Å². The van der Waals surface area contributed by atoms with Crippen LogP contribution in [-0.2, 0) is 14.3 Å². The number of carbonyl (C=O) groups is 2. The molecule has 0 bridgehead atoms. The summed E-state index contributed by atoms with van der Waals surface area (Å²) in [6, 6.07) is 5.35. The van der Waals surface area contributed by atoms with Crippen molar-refractivity contribution in [1.29, 1.82) is 0 Å². The molecule has 0 amide bonds. The molecule has 1 fully saturated rings. The number of thioether (sulfide) groups is 1. The number of hydrogen-bond donors (Lipinski definition) is 0. The fourth-order valence-electron chi connectivity index (χ4n) is 2.21. The summed E-state index contributed by atoms with van der Waals surface area (Å²) in [5.74, 6) is -0.828. The second-order valence-corrected chi connectivity index (χ2v) is 6.21. The monoisotopic (exact) mass is 312 g/mol. The second kappa shape index (κ2) is 6.47. The molecule has 3 unspecified atom stereocenters. The highest BCUT2D eigenvalue weighted by molar-refractivity contribution is 8.00. The van der Waals surface area contributed by atoms with E-state index in [1.165, 1.54) is 6.92 Å². The van der Waals surface area contributed by atoms with Crippen LogP contribution in [0.15, 0.2) is 18.2 Å². The van der Waals surface area contributed by atoms with E-state index in [9.17, 15) is 14.0 Å². The largest absolute Gasteiger partial charge is 0.455 e. The summed E-state index contributed by atoms with van der Waals surface area (Å²) in [7, 11) is 0. The SMILES string of the molecule is CC(=O)OC1SCC(OC(=O)c2cc(C)cc(C)c2)C1F. The van der Waals surface area contributed by atoms with Gasteiger partial charge in [-0.2, -0.15) is 0 Å². The third-order valence-electron chi connectivity index (χ3n) is 3.04. The zero-order valence-corrected chi connectivity index (χ0v) is 12.9. The summed E-state index contributed by atoms with van der Waals surface area (Å²) >= 11 is 1.14. The Morgan fingerprint density at radius 1 is 1.19 bits per heavy atom. The molecular formula is C15H17FO4S. The average Bonchev–Trinajstić information content (AvgIpc) is 2.69. The maximum absolute atomic E-state index is 14.1.